The van der Waals surface area contributed by atoms with Gasteiger partial charge < -0.3 is 15.6 Å². The average Bonchev–Trinajstić information content (AvgIpc) is 2.62. The van der Waals surface area contributed by atoms with Crippen LogP contribution in [0, 0.1) is 6.92 Å². The van der Waals surface area contributed by atoms with E-state index in [4.69, 9.17) is 10.5 Å². The van der Waals surface area contributed by atoms with Crippen LogP contribution in [0.4, 0.5) is 10.5 Å². The molecule has 3 N–H and O–H groups in total. The summed E-state index contributed by atoms with van der Waals surface area (Å²) in [7, 11) is 1.60. The molecule has 1 aromatic rings. The minimum Gasteiger partial charge on any atom is -0.495 e. The predicted molar refractivity (Wildman–Crippen MR) is 115 cm³/mol. The van der Waals surface area contributed by atoms with Crippen molar-refractivity contribution in [3.63, 3.8) is 0 Å². The molecule has 2 saturated heterocycles. The predicted octanol–water partition coefficient (Wildman–Crippen LogP) is 4.03. The first-order valence-electron chi connectivity index (χ1n) is 10.2. The Labute approximate surface area is 174 Å². The van der Waals surface area contributed by atoms with Crippen molar-refractivity contribution in [3.05, 3.63) is 23.8 Å². The molecular formula is C21H34ClN3O3. The van der Waals surface area contributed by atoms with Gasteiger partial charge >= 0.3 is 6.09 Å². The monoisotopic (exact) mass is 411 g/mol. The van der Waals surface area contributed by atoms with E-state index in [-0.39, 0.29) is 18.4 Å². The molecule has 158 valence electrons. The van der Waals surface area contributed by atoms with Crippen molar-refractivity contribution >= 4 is 24.2 Å². The summed E-state index contributed by atoms with van der Waals surface area (Å²) in [5.74, 6) is 0.624. The topological polar surface area (TPSA) is 79.0 Å². The van der Waals surface area contributed by atoms with Crippen LogP contribution >= 0.6 is 12.4 Å². The van der Waals surface area contributed by atoms with E-state index in [1.165, 1.54) is 6.42 Å². The third-order valence-corrected chi connectivity index (χ3v) is 6.14. The molecule has 2 unspecified atom stereocenters. The number of benzene rings is 1. The highest BCUT2D eigenvalue weighted by Gasteiger charge is 2.42. The summed E-state index contributed by atoms with van der Waals surface area (Å²) in [5, 5.41) is 10.0. The number of nitrogens with zero attached hydrogens (tertiary/aromatic N) is 2. The number of ether oxygens (including phenoxy) is 1. The van der Waals surface area contributed by atoms with E-state index in [1.807, 2.05) is 25.1 Å². The second-order valence-corrected chi connectivity index (χ2v) is 7.93. The lowest BCUT2D eigenvalue weighted by Gasteiger charge is -2.50. The van der Waals surface area contributed by atoms with Crippen LogP contribution in [0.3, 0.4) is 0 Å². The van der Waals surface area contributed by atoms with Gasteiger partial charge in [-0.3, -0.25) is 9.80 Å². The van der Waals surface area contributed by atoms with Gasteiger partial charge in [0.05, 0.1) is 12.8 Å². The number of anilines is 1. The van der Waals surface area contributed by atoms with Crippen molar-refractivity contribution in [2.75, 3.05) is 25.1 Å². The van der Waals surface area contributed by atoms with Crippen LogP contribution in [0.25, 0.3) is 0 Å². The number of hydrogen-bond acceptors (Lipinski definition) is 4. The third-order valence-electron chi connectivity index (χ3n) is 6.14. The van der Waals surface area contributed by atoms with Gasteiger partial charge in [0.1, 0.15) is 5.75 Å². The van der Waals surface area contributed by atoms with E-state index >= 15 is 0 Å². The van der Waals surface area contributed by atoms with E-state index < -0.39 is 6.09 Å². The van der Waals surface area contributed by atoms with Crippen molar-refractivity contribution in [1.29, 1.82) is 0 Å². The summed E-state index contributed by atoms with van der Waals surface area (Å²) >= 11 is 0. The molecular weight excluding hydrogens is 378 g/mol. The van der Waals surface area contributed by atoms with Crippen LogP contribution < -0.4 is 15.4 Å². The van der Waals surface area contributed by atoms with Crippen LogP contribution in [-0.4, -0.2) is 54.4 Å². The Morgan fingerprint density at radius 1 is 1.29 bits per heavy atom. The van der Waals surface area contributed by atoms with E-state index in [9.17, 15) is 9.90 Å². The number of carbonyl (C=O) groups is 1. The SMILES string of the molecule is COc1ccc(C)cc1N(C(=O)O)C1CC2CCCC(C1)N2CCCCN.Cl. The Kier molecular flexibility index (Phi) is 8.40. The maximum Gasteiger partial charge on any atom is 0.412 e. The number of methoxy groups -OCH3 is 1. The Hall–Kier alpha value is -1.50. The van der Waals surface area contributed by atoms with Crippen molar-refractivity contribution < 1.29 is 14.6 Å². The van der Waals surface area contributed by atoms with Gasteiger partial charge in [-0.2, -0.15) is 0 Å². The number of fused-ring (bicyclic) bond motifs is 2. The summed E-state index contributed by atoms with van der Waals surface area (Å²) in [4.78, 5) is 16.4. The molecule has 6 nitrogen and oxygen atoms in total. The van der Waals surface area contributed by atoms with Crippen molar-refractivity contribution in [1.82, 2.24) is 4.90 Å². The molecule has 7 heteroatoms. The molecule has 28 heavy (non-hydrogen) atoms. The Morgan fingerprint density at radius 3 is 2.54 bits per heavy atom. The number of aryl methyl sites for hydroxylation is 1. The summed E-state index contributed by atoms with van der Waals surface area (Å²) < 4.78 is 5.48. The van der Waals surface area contributed by atoms with Gasteiger partial charge in [-0.15, -0.1) is 12.4 Å². The minimum atomic E-state index is -0.890. The largest absolute Gasteiger partial charge is 0.495 e. The molecule has 0 aliphatic carbocycles. The molecule has 0 radical (unpaired) electrons. The average molecular weight is 412 g/mol. The number of hydrogen-bond donors (Lipinski definition) is 2. The van der Waals surface area contributed by atoms with Gasteiger partial charge in [-0.05, 0) is 76.2 Å². The van der Waals surface area contributed by atoms with Gasteiger partial charge in [0.15, 0.2) is 0 Å². The maximum absolute atomic E-state index is 12.2. The van der Waals surface area contributed by atoms with Gasteiger partial charge in [-0.25, -0.2) is 4.79 Å². The van der Waals surface area contributed by atoms with Crippen LogP contribution in [0.15, 0.2) is 18.2 Å². The first-order valence-corrected chi connectivity index (χ1v) is 10.2. The number of halogens is 1. The number of unbranched alkanes of at least 4 members (excludes halogenated alkanes) is 1. The number of amides is 1. The van der Waals surface area contributed by atoms with Gasteiger partial charge in [0, 0.05) is 18.1 Å². The Morgan fingerprint density at radius 2 is 1.96 bits per heavy atom. The molecule has 0 aromatic heterocycles. The van der Waals surface area contributed by atoms with Crippen molar-refractivity contribution in [2.24, 2.45) is 5.73 Å². The zero-order chi connectivity index (χ0) is 19.4. The normalized spacial score (nSPS) is 24.3. The molecule has 2 heterocycles. The first kappa shape index (κ1) is 22.8. The van der Waals surface area contributed by atoms with Crippen LogP contribution in [0.1, 0.15) is 50.5 Å². The Bertz CT molecular complexity index is 644. The molecule has 1 amide bonds. The summed E-state index contributed by atoms with van der Waals surface area (Å²) in [5.41, 5.74) is 7.37. The molecule has 1 aromatic carbocycles. The lowest BCUT2D eigenvalue weighted by molar-refractivity contribution is 0.0290. The summed E-state index contributed by atoms with van der Waals surface area (Å²) in [6.45, 7) is 3.81. The highest BCUT2D eigenvalue weighted by Crippen LogP contribution is 2.40. The molecule has 2 aliphatic heterocycles. The van der Waals surface area contributed by atoms with E-state index in [1.54, 1.807) is 12.0 Å². The fourth-order valence-electron chi connectivity index (χ4n) is 4.91. The van der Waals surface area contributed by atoms with Crippen LogP contribution in [0.2, 0.25) is 0 Å². The first-order chi connectivity index (χ1) is 13.0. The highest BCUT2D eigenvalue weighted by molar-refractivity contribution is 5.89. The van der Waals surface area contributed by atoms with Gasteiger partial charge in [0.25, 0.3) is 0 Å². The van der Waals surface area contributed by atoms with Crippen molar-refractivity contribution in [3.8, 4) is 5.75 Å². The lowest BCUT2D eigenvalue weighted by Crippen LogP contribution is -2.58. The molecule has 0 spiro atoms. The fourth-order valence-corrected chi connectivity index (χ4v) is 4.91. The number of nitrogens with two attached hydrogens (primary N) is 1. The molecule has 2 fully saturated rings. The molecule has 2 aliphatic rings. The van der Waals surface area contributed by atoms with E-state index in [0.29, 0.717) is 23.5 Å². The minimum absolute atomic E-state index is 0. The van der Waals surface area contributed by atoms with Gasteiger partial charge in [0.2, 0.25) is 0 Å². The third kappa shape index (κ3) is 4.91. The molecule has 0 saturated carbocycles. The molecule has 2 bridgehead atoms. The van der Waals surface area contributed by atoms with E-state index in [2.05, 4.69) is 4.90 Å². The second-order valence-electron chi connectivity index (χ2n) is 7.93. The Balaban J connectivity index is 0.00000280. The zero-order valence-electron chi connectivity index (χ0n) is 17.0. The standard InChI is InChI=1S/C21H33N3O3.ClH/c1-15-8-9-20(27-2)19(12-15)24(21(25)26)18-13-16-6-5-7-17(14-18)23(16)11-4-3-10-22;/h8-9,12,16-18H,3-7,10-11,13-14,22H2,1-2H3,(H,25,26);1H. The zero-order valence-corrected chi connectivity index (χ0v) is 17.8. The number of carboxylic acid groups (broad SMARTS) is 1. The van der Waals surface area contributed by atoms with Crippen molar-refractivity contribution in [2.45, 2.75) is 70.0 Å². The summed E-state index contributed by atoms with van der Waals surface area (Å²) in [6, 6.07) is 6.69. The highest BCUT2D eigenvalue weighted by atomic mass is 35.5. The number of piperidine rings is 2. The quantitative estimate of drug-likeness (QED) is 0.662. The fraction of sp³-hybridized carbons (Fsp3) is 0.667. The molecule has 2 atom stereocenters. The van der Waals surface area contributed by atoms with Crippen LogP contribution in [0.5, 0.6) is 5.75 Å². The van der Waals surface area contributed by atoms with E-state index in [0.717, 1.165) is 57.2 Å². The molecule has 3 rings (SSSR count). The number of rotatable bonds is 7. The summed E-state index contributed by atoms with van der Waals surface area (Å²) in [6.07, 6.45) is 6.64. The smallest absolute Gasteiger partial charge is 0.412 e. The maximum atomic E-state index is 12.2. The lowest BCUT2D eigenvalue weighted by atomic mass is 9.81. The van der Waals surface area contributed by atoms with Gasteiger partial charge in [-0.1, -0.05) is 12.5 Å². The van der Waals surface area contributed by atoms with Crippen LogP contribution in [-0.2, 0) is 0 Å². The second kappa shape index (κ2) is 10.3.